The second-order valence-corrected chi connectivity index (χ2v) is 7.74. The molecule has 0 unspecified atom stereocenters. The van der Waals surface area contributed by atoms with Crippen LogP contribution in [-0.2, 0) is 6.54 Å². The minimum atomic E-state index is -0.830. The summed E-state index contributed by atoms with van der Waals surface area (Å²) < 4.78 is 2.57. The Labute approximate surface area is 174 Å². The third-order valence-corrected chi connectivity index (χ3v) is 5.43. The molecule has 0 aliphatic rings. The van der Waals surface area contributed by atoms with Crippen molar-refractivity contribution in [3.05, 3.63) is 72.6 Å². The molecule has 0 bridgehead atoms. The summed E-state index contributed by atoms with van der Waals surface area (Å²) in [6.07, 6.45) is 5.46. The summed E-state index contributed by atoms with van der Waals surface area (Å²) in [7, 11) is 0. The van der Waals surface area contributed by atoms with E-state index in [0.717, 1.165) is 34.0 Å². The van der Waals surface area contributed by atoms with E-state index < -0.39 is 27.1 Å². The number of amides is 1. The number of non-ortho nitro benzene ring substituents is 2. The molecule has 2 aromatic carbocycles. The van der Waals surface area contributed by atoms with Crippen LogP contribution in [0.5, 0.6) is 0 Å². The van der Waals surface area contributed by atoms with Gasteiger partial charge in [-0.25, -0.2) is 0 Å². The number of nitrogens with zero attached hydrogens (tertiary/aromatic N) is 4. The number of rotatable bonds is 5. The smallest absolute Gasteiger partial charge is 0.280 e. The Kier molecular flexibility index (Phi) is 5.75. The number of carbonyl (C=O) groups excluding carboxylic acids is 1. The predicted octanol–water partition coefficient (Wildman–Crippen LogP) is 4.02. The van der Waals surface area contributed by atoms with Gasteiger partial charge in [-0.05, 0) is 23.6 Å². The first-order chi connectivity index (χ1) is 14.2. The van der Waals surface area contributed by atoms with Crippen molar-refractivity contribution in [1.82, 2.24) is 4.57 Å². The summed E-state index contributed by atoms with van der Waals surface area (Å²) in [6, 6.07) is 8.60. The number of terminal acetylenes is 1. The molecule has 1 heterocycles. The Morgan fingerprint density at radius 3 is 2.33 bits per heavy atom. The molecule has 1 amide bonds. The number of carbonyl (C=O) groups is 1. The highest BCUT2D eigenvalue weighted by Gasteiger charge is 2.20. The Morgan fingerprint density at radius 2 is 1.80 bits per heavy atom. The molecule has 0 N–H and O–H groups in total. The third-order valence-electron chi connectivity index (χ3n) is 4.39. The topological polar surface area (TPSA) is 121 Å². The van der Waals surface area contributed by atoms with Gasteiger partial charge >= 0.3 is 0 Å². The van der Waals surface area contributed by atoms with Crippen LogP contribution in [0, 0.1) is 32.6 Å². The minimum absolute atomic E-state index is 0.169. The fraction of sp³-hybridized carbons (Fsp3) is 0.200. The molecule has 0 aliphatic heterocycles. The van der Waals surface area contributed by atoms with Crippen LogP contribution in [-0.4, -0.2) is 20.3 Å². The summed E-state index contributed by atoms with van der Waals surface area (Å²) in [4.78, 5) is 37.6. The van der Waals surface area contributed by atoms with Crippen LogP contribution in [0.2, 0.25) is 0 Å². The van der Waals surface area contributed by atoms with Gasteiger partial charge < -0.3 is 4.57 Å². The Balaban J connectivity index is 2.17. The Morgan fingerprint density at radius 1 is 1.17 bits per heavy atom. The van der Waals surface area contributed by atoms with Gasteiger partial charge in [0.15, 0.2) is 4.80 Å². The van der Waals surface area contributed by atoms with Gasteiger partial charge in [0.1, 0.15) is 0 Å². The van der Waals surface area contributed by atoms with Gasteiger partial charge in [-0.15, -0.1) is 6.42 Å². The SMILES string of the molecule is C#CCn1c(=NC(=O)c2cc([N+](=O)[O-])cc([N+](=O)[O-])c2)sc2cc(C(C)C)ccc21. The van der Waals surface area contributed by atoms with Gasteiger partial charge in [0.25, 0.3) is 17.3 Å². The highest BCUT2D eigenvalue weighted by Crippen LogP contribution is 2.25. The zero-order valence-corrected chi connectivity index (χ0v) is 16.9. The van der Waals surface area contributed by atoms with Gasteiger partial charge in [-0.2, -0.15) is 4.99 Å². The number of hydrogen-bond acceptors (Lipinski definition) is 6. The molecule has 3 rings (SSSR count). The van der Waals surface area contributed by atoms with Crippen molar-refractivity contribution in [2.75, 3.05) is 0 Å². The summed E-state index contributed by atoms with van der Waals surface area (Å²) in [5, 5.41) is 22.1. The summed E-state index contributed by atoms with van der Waals surface area (Å²) in [5.74, 6) is 2.00. The molecule has 3 aromatic rings. The number of thiazole rings is 1. The standard InChI is InChI=1S/C20H16N4O5S/c1-4-7-22-17-6-5-13(12(2)3)10-18(17)30-20(22)21-19(25)14-8-15(23(26)27)11-16(9-14)24(28)29/h1,5-6,8-12H,7H2,2-3H3. The number of fused-ring (bicyclic) bond motifs is 1. The second-order valence-electron chi connectivity index (χ2n) is 6.73. The van der Waals surface area contributed by atoms with E-state index in [4.69, 9.17) is 6.42 Å². The molecule has 10 heteroatoms. The number of nitro groups is 2. The van der Waals surface area contributed by atoms with Crippen molar-refractivity contribution >= 4 is 38.8 Å². The van der Waals surface area contributed by atoms with Crippen LogP contribution >= 0.6 is 11.3 Å². The Hall–Kier alpha value is -3.84. The summed E-state index contributed by atoms with van der Waals surface area (Å²) in [6.45, 7) is 4.30. The van der Waals surface area contributed by atoms with E-state index >= 15 is 0 Å². The van der Waals surface area contributed by atoms with Crippen LogP contribution in [0.15, 0.2) is 41.4 Å². The van der Waals surface area contributed by atoms with E-state index in [-0.39, 0.29) is 12.1 Å². The molecule has 0 saturated carbocycles. The lowest BCUT2D eigenvalue weighted by molar-refractivity contribution is -0.394. The Bertz CT molecular complexity index is 1260. The number of benzene rings is 2. The summed E-state index contributed by atoms with van der Waals surface area (Å²) in [5.41, 5.74) is 0.556. The summed E-state index contributed by atoms with van der Waals surface area (Å²) >= 11 is 1.25. The largest absolute Gasteiger partial charge is 0.305 e. The lowest BCUT2D eigenvalue weighted by atomic mass is 10.0. The van der Waals surface area contributed by atoms with Gasteiger partial charge in [-0.3, -0.25) is 25.0 Å². The molecule has 1 aromatic heterocycles. The molecular weight excluding hydrogens is 408 g/mol. The first-order valence-electron chi connectivity index (χ1n) is 8.81. The molecule has 0 spiro atoms. The van der Waals surface area contributed by atoms with Crippen LogP contribution in [0.25, 0.3) is 10.2 Å². The van der Waals surface area contributed by atoms with Crippen molar-refractivity contribution in [3.8, 4) is 12.3 Å². The van der Waals surface area contributed by atoms with E-state index in [1.807, 2.05) is 18.2 Å². The van der Waals surface area contributed by atoms with Crippen molar-refractivity contribution < 1.29 is 14.6 Å². The lowest BCUT2D eigenvalue weighted by Crippen LogP contribution is -2.16. The molecule has 0 atom stereocenters. The quantitative estimate of drug-likeness (QED) is 0.348. The maximum atomic E-state index is 12.7. The molecule has 152 valence electrons. The van der Waals surface area contributed by atoms with E-state index in [1.165, 1.54) is 11.3 Å². The average Bonchev–Trinajstić information content (AvgIpc) is 3.04. The maximum absolute atomic E-state index is 12.7. The minimum Gasteiger partial charge on any atom is -0.305 e. The monoisotopic (exact) mass is 424 g/mol. The molecular formula is C20H16N4O5S. The molecule has 30 heavy (non-hydrogen) atoms. The van der Waals surface area contributed by atoms with Gasteiger partial charge in [0.2, 0.25) is 0 Å². The predicted molar refractivity (Wildman–Crippen MR) is 112 cm³/mol. The van der Waals surface area contributed by atoms with Crippen LogP contribution in [0.4, 0.5) is 11.4 Å². The van der Waals surface area contributed by atoms with Gasteiger partial charge in [0, 0.05) is 12.1 Å². The van der Waals surface area contributed by atoms with Crippen LogP contribution < -0.4 is 4.80 Å². The van der Waals surface area contributed by atoms with E-state index in [0.29, 0.717) is 10.7 Å². The fourth-order valence-corrected chi connectivity index (χ4v) is 3.94. The normalized spacial score (nSPS) is 11.6. The fourth-order valence-electron chi connectivity index (χ4n) is 2.86. The molecule has 0 saturated heterocycles. The van der Waals surface area contributed by atoms with Crippen molar-refractivity contribution in [1.29, 1.82) is 0 Å². The van der Waals surface area contributed by atoms with Crippen molar-refractivity contribution in [3.63, 3.8) is 0 Å². The molecule has 0 aliphatic carbocycles. The average molecular weight is 424 g/mol. The van der Waals surface area contributed by atoms with Crippen molar-refractivity contribution in [2.45, 2.75) is 26.3 Å². The van der Waals surface area contributed by atoms with E-state index in [9.17, 15) is 25.0 Å². The molecule has 0 fully saturated rings. The van der Waals surface area contributed by atoms with Crippen LogP contribution in [0.1, 0.15) is 35.7 Å². The first kappa shape index (κ1) is 20.9. The molecule has 0 radical (unpaired) electrons. The number of aromatic nitrogens is 1. The van der Waals surface area contributed by atoms with Crippen molar-refractivity contribution in [2.24, 2.45) is 4.99 Å². The zero-order valence-electron chi connectivity index (χ0n) is 16.1. The van der Waals surface area contributed by atoms with Crippen LogP contribution in [0.3, 0.4) is 0 Å². The van der Waals surface area contributed by atoms with Gasteiger partial charge in [0.05, 0.1) is 38.2 Å². The number of hydrogen-bond donors (Lipinski definition) is 0. The highest BCUT2D eigenvalue weighted by molar-refractivity contribution is 7.16. The maximum Gasteiger partial charge on any atom is 0.280 e. The lowest BCUT2D eigenvalue weighted by Gasteiger charge is -2.05. The molecule has 9 nitrogen and oxygen atoms in total. The second kappa shape index (κ2) is 8.26. The van der Waals surface area contributed by atoms with E-state index in [1.54, 1.807) is 4.57 Å². The highest BCUT2D eigenvalue weighted by atomic mass is 32.1. The number of nitro benzene ring substituents is 2. The first-order valence-corrected chi connectivity index (χ1v) is 9.62. The van der Waals surface area contributed by atoms with E-state index in [2.05, 4.69) is 24.8 Å². The van der Waals surface area contributed by atoms with Gasteiger partial charge in [-0.1, -0.05) is 37.2 Å². The third kappa shape index (κ3) is 4.11. The zero-order chi connectivity index (χ0) is 22.0.